The first-order valence-electron chi connectivity index (χ1n) is 4.43. The molecule has 84 valence electrons. The minimum Gasteiger partial charge on any atom is -0.495 e. The first-order chi connectivity index (χ1) is 7.02. The van der Waals surface area contributed by atoms with Gasteiger partial charge in [-0.25, -0.2) is 4.39 Å². The fourth-order valence-corrected chi connectivity index (χ4v) is 2.02. The Kier molecular flexibility index (Phi) is 4.07. The minimum absolute atomic E-state index is 0.0209. The third-order valence-corrected chi connectivity index (χ3v) is 2.83. The molecule has 1 aromatic rings. The van der Waals surface area contributed by atoms with Gasteiger partial charge in [-0.05, 0) is 34.5 Å². The number of ether oxygens (including phenoxy) is 1. The van der Waals surface area contributed by atoms with Crippen molar-refractivity contribution in [2.45, 2.75) is 13.0 Å². The molecule has 1 rings (SSSR count). The van der Waals surface area contributed by atoms with Crippen LogP contribution in [0.5, 0.6) is 5.75 Å². The zero-order valence-corrected chi connectivity index (χ0v) is 10.1. The summed E-state index contributed by atoms with van der Waals surface area (Å²) in [6, 6.07) is 1.31. The van der Waals surface area contributed by atoms with E-state index in [1.807, 2.05) is 0 Å². The van der Waals surface area contributed by atoms with Crippen molar-refractivity contribution in [1.29, 1.82) is 0 Å². The van der Waals surface area contributed by atoms with E-state index in [-0.39, 0.29) is 6.54 Å². The molecule has 3 N–H and O–H groups in total. The van der Waals surface area contributed by atoms with Gasteiger partial charge in [-0.3, -0.25) is 0 Å². The summed E-state index contributed by atoms with van der Waals surface area (Å²) in [7, 11) is 1.46. The van der Waals surface area contributed by atoms with Crippen LogP contribution in [0.4, 0.5) is 4.39 Å². The third-order valence-electron chi connectivity index (χ3n) is 2.24. The lowest BCUT2D eigenvalue weighted by molar-refractivity contribution is 0.180. The Balaban J connectivity index is 3.43. The van der Waals surface area contributed by atoms with Crippen LogP contribution in [0, 0.1) is 12.7 Å². The van der Waals surface area contributed by atoms with Crippen LogP contribution in [0.15, 0.2) is 10.5 Å². The van der Waals surface area contributed by atoms with E-state index in [1.54, 1.807) is 6.92 Å². The molecule has 0 aliphatic heterocycles. The maximum Gasteiger partial charge on any atom is 0.139 e. The molecule has 0 saturated carbocycles. The van der Waals surface area contributed by atoms with Gasteiger partial charge < -0.3 is 15.6 Å². The number of methoxy groups -OCH3 is 1. The quantitative estimate of drug-likeness (QED) is 0.887. The molecule has 0 fully saturated rings. The van der Waals surface area contributed by atoms with E-state index in [1.165, 1.54) is 13.2 Å². The number of halogens is 2. The van der Waals surface area contributed by atoms with Crippen molar-refractivity contribution in [2.24, 2.45) is 5.73 Å². The van der Waals surface area contributed by atoms with Crippen LogP contribution in [-0.2, 0) is 0 Å². The van der Waals surface area contributed by atoms with E-state index in [0.717, 1.165) is 0 Å². The molecule has 15 heavy (non-hydrogen) atoms. The van der Waals surface area contributed by atoms with Gasteiger partial charge in [0.1, 0.15) is 11.6 Å². The van der Waals surface area contributed by atoms with Crippen LogP contribution < -0.4 is 10.5 Å². The molecule has 0 aliphatic carbocycles. The van der Waals surface area contributed by atoms with Crippen molar-refractivity contribution in [3.05, 3.63) is 27.5 Å². The van der Waals surface area contributed by atoms with E-state index in [4.69, 9.17) is 10.5 Å². The monoisotopic (exact) mass is 277 g/mol. The Morgan fingerprint density at radius 1 is 1.67 bits per heavy atom. The first-order valence-corrected chi connectivity index (χ1v) is 5.22. The summed E-state index contributed by atoms with van der Waals surface area (Å²) >= 11 is 3.17. The predicted octanol–water partition coefficient (Wildman–Crippen LogP) is 1.90. The van der Waals surface area contributed by atoms with Gasteiger partial charge in [-0.2, -0.15) is 0 Å². The van der Waals surface area contributed by atoms with Crippen molar-refractivity contribution in [1.82, 2.24) is 0 Å². The zero-order chi connectivity index (χ0) is 11.6. The van der Waals surface area contributed by atoms with Crippen molar-refractivity contribution in [2.75, 3.05) is 13.7 Å². The molecule has 1 aromatic carbocycles. The topological polar surface area (TPSA) is 55.5 Å². The minimum atomic E-state index is -0.924. The summed E-state index contributed by atoms with van der Waals surface area (Å²) in [5.74, 6) is 0.0250. The summed E-state index contributed by atoms with van der Waals surface area (Å²) in [5, 5.41) is 9.68. The number of hydrogen-bond acceptors (Lipinski definition) is 3. The molecule has 0 saturated heterocycles. The van der Waals surface area contributed by atoms with E-state index in [2.05, 4.69) is 15.9 Å². The van der Waals surface area contributed by atoms with Crippen LogP contribution in [0.3, 0.4) is 0 Å². The largest absolute Gasteiger partial charge is 0.495 e. The van der Waals surface area contributed by atoms with E-state index < -0.39 is 11.9 Å². The average molecular weight is 278 g/mol. The normalized spacial score (nSPS) is 12.7. The summed E-state index contributed by atoms with van der Waals surface area (Å²) in [6.07, 6.45) is -0.924. The molecule has 0 amide bonds. The maximum absolute atomic E-state index is 13.4. The van der Waals surface area contributed by atoms with Crippen molar-refractivity contribution in [3.8, 4) is 5.75 Å². The summed E-state index contributed by atoms with van der Waals surface area (Å²) < 4.78 is 19.0. The summed E-state index contributed by atoms with van der Waals surface area (Å²) in [4.78, 5) is 0. The van der Waals surface area contributed by atoms with Crippen LogP contribution in [0.2, 0.25) is 0 Å². The van der Waals surface area contributed by atoms with E-state index in [0.29, 0.717) is 21.3 Å². The highest BCUT2D eigenvalue weighted by Crippen LogP contribution is 2.36. The van der Waals surface area contributed by atoms with E-state index >= 15 is 0 Å². The molecule has 0 aliphatic rings. The van der Waals surface area contributed by atoms with Gasteiger partial charge >= 0.3 is 0 Å². The van der Waals surface area contributed by atoms with E-state index in [9.17, 15) is 9.50 Å². The lowest BCUT2D eigenvalue weighted by Crippen LogP contribution is -2.15. The average Bonchev–Trinajstić information content (AvgIpc) is 2.21. The Hall–Kier alpha value is -0.650. The Morgan fingerprint density at radius 2 is 2.27 bits per heavy atom. The van der Waals surface area contributed by atoms with Crippen LogP contribution in [0.1, 0.15) is 17.2 Å². The number of rotatable bonds is 3. The van der Waals surface area contributed by atoms with Gasteiger partial charge in [0, 0.05) is 12.1 Å². The maximum atomic E-state index is 13.4. The number of hydrogen-bond donors (Lipinski definition) is 2. The lowest BCUT2D eigenvalue weighted by Gasteiger charge is -2.17. The second-order valence-corrected chi connectivity index (χ2v) is 4.02. The number of aliphatic hydroxyl groups is 1. The van der Waals surface area contributed by atoms with Crippen molar-refractivity contribution in [3.63, 3.8) is 0 Å². The number of nitrogens with two attached hydrogens (primary N) is 1. The smallest absolute Gasteiger partial charge is 0.139 e. The lowest BCUT2D eigenvalue weighted by atomic mass is 10.0. The van der Waals surface area contributed by atoms with Gasteiger partial charge in [0.05, 0.1) is 17.7 Å². The Labute approximate surface area is 96.2 Å². The van der Waals surface area contributed by atoms with Gasteiger partial charge in [0.2, 0.25) is 0 Å². The highest BCUT2D eigenvalue weighted by atomic mass is 79.9. The van der Waals surface area contributed by atoms with Gasteiger partial charge in [-0.15, -0.1) is 0 Å². The van der Waals surface area contributed by atoms with Crippen molar-refractivity contribution < 1.29 is 14.2 Å². The SMILES string of the molecule is COc1c(Br)cc(F)c(C)c1C(O)CN. The highest BCUT2D eigenvalue weighted by Gasteiger charge is 2.20. The number of benzene rings is 1. The summed E-state index contributed by atoms with van der Waals surface area (Å²) in [6.45, 7) is 1.60. The molecule has 0 heterocycles. The molecule has 0 bridgehead atoms. The molecule has 1 unspecified atom stereocenters. The first kappa shape index (κ1) is 12.4. The molecular weight excluding hydrogens is 265 g/mol. The van der Waals surface area contributed by atoms with Crippen molar-refractivity contribution >= 4 is 15.9 Å². The molecule has 0 radical (unpaired) electrons. The fraction of sp³-hybridized carbons (Fsp3) is 0.400. The van der Waals surface area contributed by atoms with Gasteiger partial charge in [-0.1, -0.05) is 0 Å². The zero-order valence-electron chi connectivity index (χ0n) is 8.55. The molecule has 0 aromatic heterocycles. The Morgan fingerprint density at radius 3 is 2.73 bits per heavy atom. The molecule has 0 spiro atoms. The molecule has 1 atom stereocenters. The van der Waals surface area contributed by atoms with Crippen LogP contribution in [-0.4, -0.2) is 18.8 Å². The standard InChI is InChI=1S/C10H13BrFNO2/c1-5-7(12)3-6(11)10(15-2)9(5)8(14)4-13/h3,8,14H,4,13H2,1-2H3. The second kappa shape index (κ2) is 4.92. The third kappa shape index (κ3) is 2.30. The Bertz CT molecular complexity index is 371. The number of aliphatic hydroxyl groups excluding tert-OH is 1. The summed E-state index contributed by atoms with van der Waals surface area (Å²) in [5.41, 5.74) is 6.10. The molecule has 5 heteroatoms. The molecular formula is C10H13BrFNO2. The molecule has 3 nitrogen and oxygen atoms in total. The second-order valence-electron chi connectivity index (χ2n) is 3.16. The van der Waals surface area contributed by atoms with Crippen LogP contribution in [0.25, 0.3) is 0 Å². The fourth-order valence-electron chi connectivity index (χ4n) is 1.44. The predicted molar refractivity (Wildman–Crippen MR) is 59.4 cm³/mol. The van der Waals surface area contributed by atoms with Gasteiger partial charge in [0.15, 0.2) is 0 Å². The highest BCUT2D eigenvalue weighted by molar-refractivity contribution is 9.10. The van der Waals surface area contributed by atoms with Crippen LogP contribution >= 0.6 is 15.9 Å². The van der Waals surface area contributed by atoms with Gasteiger partial charge in [0.25, 0.3) is 0 Å².